The van der Waals surface area contributed by atoms with E-state index in [0.717, 1.165) is 22.2 Å². The molecule has 0 bridgehead atoms. The Balaban J connectivity index is 2.03. The molecule has 0 unspecified atom stereocenters. The Kier molecular flexibility index (Phi) is 4.42. The first-order chi connectivity index (χ1) is 11.6. The van der Waals surface area contributed by atoms with Crippen LogP contribution in [0.1, 0.15) is 27.2 Å². The summed E-state index contributed by atoms with van der Waals surface area (Å²) in [4.78, 5) is 21.1. The summed E-state index contributed by atoms with van der Waals surface area (Å²) in [5.74, 6) is -0.0698. The molecule has 0 aliphatic heterocycles. The van der Waals surface area contributed by atoms with Gasteiger partial charge in [0.25, 0.3) is 0 Å². The van der Waals surface area contributed by atoms with Gasteiger partial charge in [0.2, 0.25) is 0 Å². The molecule has 5 nitrogen and oxygen atoms in total. The Morgan fingerprint density at radius 1 is 1.04 bits per heavy atom. The molecule has 2 aromatic carbocycles. The fourth-order valence-electron chi connectivity index (χ4n) is 2.46. The zero-order valence-electron chi connectivity index (χ0n) is 14.0. The Hall–Kier alpha value is -2.95. The van der Waals surface area contributed by atoms with E-state index in [1.54, 1.807) is 0 Å². The molecule has 24 heavy (non-hydrogen) atoms. The smallest absolute Gasteiger partial charge is 0.360 e. The summed E-state index contributed by atoms with van der Waals surface area (Å²) < 4.78 is 4.85. The van der Waals surface area contributed by atoms with Gasteiger partial charge in [-0.05, 0) is 42.7 Å². The Bertz CT molecular complexity index is 892. The monoisotopic (exact) mass is 321 g/mol. The van der Waals surface area contributed by atoms with Gasteiger partial charge in [0, 0.05) is 6.54 Å². The van der Waals surface area contributed by atoms with Gasteiger partial charge in [-0.15, -0.1) is 0 Å². The first-order valence-electron chi connectivity index (χ1n) is 7.73. The van der Waals surface area contributed by atoms with Crippen LogP contribution in [0, 0.1) is 13.8 Å². The van der Waals surface area contributed by atoms with Crippen molar-refractivity contribution in [1.29, 1.82) is 0 Å². The molecule has 1 heterocycles. The average molecular weight is 321 g/mol. The summed E-state index contributed by atoms with van der Waals surface area (Å²) in [5.41, 5.74) is 4.97. The quantitative estimate of drug-likeness (QED) is 0.743. The Morgan fingerprint density at radius 3 is 2.29 bits per heavy atom. The number of hydrogen-bond acceptors (Lipinski definition) is 5. The number of ether oxygens (including phenoxy) is 1. The number of benzene rings is 2. The molecule has 0 fully saturated rings. The maximum Gasteiger partial charge on any atom is 0.360 e. The zero-order valence-corrected chi connectivity index (χ0v) is 14.0. The van der Waals surface area contributed by atoms with Crippen molar-refractivity contribution in [3.05, 3.63) is 64.8 Å². The number of esters is 1. The van der Waals surface area contributed by atoms with Crippen LogP contribution in [0.3, 0.4) is 0 Å². The number of rotatable bonds is 4. The predicted octanol–water partition coefficient (Wildman–Crippen LogP) is 3.65. The molecule has 0 aliphatic carbocycles. The average Bonchev–Trinajstić information content (AvgIpc) is 2.60. The molecule has 0 atom stereocenters. The molecule has 1 aromatic heterocycles. The van der Waals surface area contributed by atoms with Gasteiger partial charge < -0.3 is 10.1 Å². The third-order valence-electron chi connectivity index (χ3n) is 3.96. The van der Waals surface area contributed by atoms with Crippen molar-refractivity contribution in [2.24, 2.45) is 0 Å². The molecule has 0 aliphatic rings. The molecule has 0 radical (unpaired) electrons. The lowest BCUT2D eigenvalue weighted by atomic mass is 10.1. The van der Waals surface area contributed by atoms with Gasteiger partial charge >= 0.3 is 5.97 Å². The maximum absolute atomic E-state index is 12.1. The van der Waals surface area contributed by atoms with Crippen LogP contribution in [-0.2, 0) is 11.3 Å². The number of carbonyl (C=O) groups is 1. The van der Waals surface area contributed by atoms with E-state index in [1.807, 2.05) is 56.3 Å². The van der Waals surface area contributed by atoms with Crippen LogP contribution in [0.25, 0.3) is 11.0 Å². The molecular weight excluding hydrogens is 302 g/mol. The van der Waals surface area contributed by atoms with Crippen LogP contribution in [0.15, 0.2) is 42.5 Å². The third kappa shape index (κ3) is 3.20. The van der Waals surface area contributed by atoms with Crippen molar-refractivity contribution in [3.8, 4) is 0 Å². The van der Waals surface area contributed by atoms with Crippen LogP contribution in [-0.4, -0.2) is 23.0 Å². The van der Waals surface area contributed by atoms with Gasteiger partial charge in [-0.3, -0.25) is 0 Å². The minimum Gasteiger partial charge on any atom is -0.464 e. The topological polar surface area (TPSA) is 64.1 Å². The van der Waals surface area contributed by atoms with Crippen LogP contribution < -0.4 is 5.32 Å². The molecule has 0 saturated heterocycles. The van der Waals surface area contributed by atoms with Crippen molar-refractivity contribution in [1.82, 2.24) is 9.97 Å². The maximum atomic E-state index is 12.1. The number of hydrogen-bond donors (Lipinski definition) is 1. The van der Waals surface area contributed by atoms with E-state index in [-0.39, 0.29) is 5.69 Å². The summed E-state index contributed by atoms with van der Waals surface area (Å²) in [6.07, 6.45) is 0. The van der Waals surface area contributed by atoms with Gasteiger partial charge in [-0.25, -0.2) is 14.8 Å². The molecule has 0 amide bonds. The molecule has 0 saturated carbocycles. The van der Waals surface area contributed by atoms with Crippen molar-refractivity contribution in [2.45, 2.75) is 20.4 Å². The minimum atomic E-state index is -0.502. The molecule has 3 aromatic rings. The predicted molar refractivity (Wildman–Crippen MR) is 94.1 cm³/mol. The fraction of sp³-hybridized carbons (Fsp3) is 0.211. The highest BCUT2D eigenvalue weighted by molar-refractivity contribution is 5.95. The molecule has 1 N–H and O–H groups in total. The molecule has 3 rings (SSSR count). The van der Waals surface area contributed by atoms with Crippen LogP contribution in [0.4, 0.5) is 5.82 Å². The molecule has 122 valence electrons. The number of fused-ring (bicyclic) bond motifs is 1. The SMILES string of the molecule is COC(=O)c1nc2cc(C)c(C)cc2nc1NCc1ccccc1. The first kappa shape index (κ1) is 15.9. The number of aryl methyl sites for hydroxylation is 2. The van der Waals surface area contributed by atoms with E-state index in [4.69, 9.17) is 4.74 Å². The fourth-order valence-corrected chi connectivity index (χ4v) is 2.46. The summed E-state index contributed by atoms with van der Waals surface area (Å²) in [5, 5.41) is 3.20. The van der Waals surface area contributed by atoms with E-state index in [9.17, 15) is 4.79 Å². The van der Waals surface area contributed by atoms with Crippen LogP contribution >= 0.6 is 0 Å². The second-order valence-corrected chi connectivity index (χ2v) is 5.68. The van der Waals surface area contributed by atoms with Crippen LogP contribution in [0.2, 0.25) is 0 Å². The number of nitrogens with one attached hydrogen (secondary N) is 1. The molecule has 0 spiro atoms. The lowest BCUT2D eigenvalue weighted by Gasteiger charge is -2.12. The lowest BCUT2D eigenvalue weighted by molar-refractivity contribution is 0.0595. The summed E-state index contributed by atoms with van der Waals surface area (Å²) >= 11 is 0. The van der Waals surface area contributed by atoms with Crippen molar-refractivity contribution in [2.75, 3.05) is 12.4 Å². The lowest BCUT2D eigenvalue weighted by Crippen LogP contribution is -2.12. The van der Waals surface area contributed by atoms with E-state index in [0.29, 0.717) is 17.9 Å². The highest BCUT2D eigenvalue weighted by Gasteiger charge is 2.17. The van der Waals surface area contributed by atoms with Crippen molar-refractivity contribution < 1.29 is 9.53 Å². The normalized spacial score (nSPS) is 10.6. The zero-order chi connectivity index (χ0) is 17.1. The standard InChI is InChI=1S/C19H19N3O2/c1-12-9-15-16(10-13(12)2)22-18(17(21-15)19(23)24-3)20-11-14-7-5-4-6-8-14/h4-10H,11H2,1-3H3,(H,20,22). The van der Waals surface area contributed by atoms with E-state index in [1.165, 1.54) is 7.11 Å². The number of anilines is 1. The highest BCUT2D eigenvalue weighted by Crippen LogP contribution is 2.21. The van der Waals surface area contributed by atoms with Crippen molar-refractivity contribution in [3.63, 3.8) is 0 Å². The largest absolute Gasteiger partial charge is 0.464 e. The van der Waals surface area contributed by atoms with Gasteiger partial charge in [0.1, 0.15) is 0 Å². The molecular formula is C19H19N3O2. The number of carbonyl (C=O) groups excluding carboxylic acids is 1. The van der Waals surface area contributed by atoms with Crippen molar-refractivity contribution >= 4 is 22.8 Å². The van der Waals surface area contributed by atoms with Gasteiger partial charge in [0.05, 0.1) is 18.1 Å². The third-order valence-corrected chi connectivity index (χ3v) is 3.96. The van der Waals surface area contributed by atoms with Gasteiger partial charge in [-0.1, -0.05) is 30.3 Å². The first-order valence-corrected chi connectivity index (χ1v) is 7.73. The number of nitrogens with zero attached hydrogens (tertiary/aromatic N) is 2. The van der Waals surface area contributed by atoms with Gasteiger partial charge in [-0.2, -0.15) is 0 Å². The summed E-state index contributed by atoms with van der Waals surface area (Å²) in [6, 6.07) is 13.8. The minimum absolute atomic E-state index is 0.198. The summed E-state index contributed by atoms with van der Waals surface area (Å²) in [7, 11) is 1.34. The highest BCUT2D eigenvalue weighted by atomic mass is 16.5. The van der Waals surface area contributed by atoms with Crippen LogP contribution in [0.5, 0.6) is 0 Å². The van der Waals surface area contributed by atoms with E-state index >= 15 is 0 Å². The summed E-state index contributed by atoms with van der Waals surface area (Å²) in [6.45, 7) is 4.59. The number of aromatic nitrogens is 2. The van der Waals surface area contributed by atoms with Gasteiger partial charge in [0.15, 0.2) is 11.5 Å². The Morgan fingerprint density at radius 2 is 1.67 bits per heavy atom. The molecule has 5 heteroatoms. The Labute approximate surface area is 140 Å². The van der Waals surface area contributed by atoms with E-state index < -0.39 is 5.97 Å². The second-order valence-electron chi connectivity index (χ2n) is 5.68. The number of methoxy groups -OCH3 is 1. The second kappa shape index (κ2) is 6.66. The van der Waals surface area contributed by atoms with E-state index in [2.05, 4.69) is 15.3 Å².